The smallest absolute Gasteiger partial charge is 0.153 e. The van der Waals surface area contributed by atoms with E-state index in [2.05, 4.69) is 4.98 Å². The summed E-state index contributed by atoms with van der Waals surface area (Å²) in [4.78, 5) is 2.80. The third-order valence-corrected chi connectivity index (χ3v) is 3.51. The lowest BCUT2D eigenvalue weighted by atomic mass is 9.94. The molecule has 1 heterocycles. The zero-order valence-electron chi connectivity index (χ0n) is 8.69. The Labute approximate surface area is 91.4 Å². The predicted molar refractivity (Wildman–Crippen MR) is 58.2 cm³/mol. The normalized spacial score (nSPS) is 17.9. The number of aromatic nitrogens is 1. The van der Waals surface area contributed by atoms with Gasteiger partial charge in [0.25, 0.3) is 0 Å². The number of aromatic amines is 1. The average Bonchev–Trinajstić information content (AvgIpc) is 2.89. The number of halogens is 2. The van der Waals surface area contributed by atoms with Crippen molar-refractivity contribution in [2.75, 3.05) is 6.54 Å². The Morgan fingerprint density at radius 2 is 2.12 bits per heavy atom. The van der Waals surface area contributed by atoms with E-state index in [1.807, 2.05) is 0 Å². The van der Waals surface area contributed by atoms with E-state index in [0.29, 0.717) is 17.4 Å². The summed E-state index contributed by atoms with van der Waals surface area (Å²) in [5.74, 6) is -0.963. The molecule has 2 aromatic rings. The van der Waals surface area contributed by atoms with Crippen LogP contribution in [-0.4, -0.2) is 11.5 Å². The Bertz CT molecular complexity index is 555. The molecule has 0 spiro atoms. The van der Waals surface area contributed by atoms with Gasteiger partial charge < -0.3 is 10.7 Å². The highest BCUT2D eigenvalue weighted by molar-refractivity contribution is 5.81. The Morgan fingerprint density at radius 3 is 2.75 bits per heavy atom. The molecule has 1 aliphatic carbocycles. The fraction of sp³-hybridized carbons (Fsp3) is 0.333. The molecule has 84 valence electrons. The lowest BCUT2D eigenvalue weighted by Crippen LogP contribution is -2.22. The van der Waals surface area contributed by atoms with Crippen molar-refractivity contribution in [3.8, 4) is 0 Å². The first-order valence-corrected chi connectivity index (χ1v) is 5.33. The van der Waals surface area contributed by atoms with Crippen LogP contribution in [-0.2, 0) is 5.41 Å². The third-order valence-electron chi connectivity index (χ3n) is 3.51. The molecule has 0 atom stereocenters. The second-order valence-corrected chi connectivity index (χ2v) is 4.47. The van der Waals surface area contributed by atoms with Crippen LogP contribution in [0.25, 0.3) is 10.9 Å². The number of fused-ring (bicyclic) bond motifs is 1. The second-order valence-electron chi connectivity index (χ2n) is 4.47. The van der Waals surface area contributed by atoms with Crippen LogP contribution in [0.5, 0.6) is 0 Å². The van der Waals surface area contributed by atoms with E-state index in [1.165, 1.54) is 6.07 Å². The Kier molecular flexibility index (Phi) is 1.86. The van der Waals surface area contributed by atoms with Crippen LogP contribution in [0.2, 0.25) is 0 Å². The molecular weight excluding hydrogens is 210 g/mol. The summed E-state index contributed by atoms with van der Waals surface area (Å²) in [6, 6.07) is 3.03. The Balaban J connectivity index is 2.31. The van der Waals surface area contributed by atoms with Crippen LogP contribution < -0.4 is 5.73 Å². The highest BCUT2D eigenvalue weighted by atomic mass is 19.1. The van der Waals surface area contributed by atoms with Crippen molar-refractivity contribution >= 4 is 10.9 Å². The standard InChI is InChI=1S/C12H12F2N2/c13-8-5-7-1-4-16-11(7)10(14)9(8)12(6-15)2-3-12/h1,4-5,16H,2-3,6,15H2. The predicted octanol–water partition coefficient (Wildman–Crippen LogP) is 2.44. The van der Waals surface area contributed by atoms with Gasteiger partial charge in [-0.15, -0.1) is 0 Å². The second kappa shape index (κ2) is 3.04. The van der Waals surface area contributed by atoms with Crippen molar-refractivity contribution in [3.63, 3.8) is 0 Å². The number of hydrogen-bond donors (Lipinski definition) is 2. The summed E-state index contributed by atoms with van der Waals surface area (Å²) in [6.45, 7) is 0.299. The molecule has 1 fully saturated rings. The van der Waals surface area contributed by atoms with Gasteiger partial charge in [0.15, 0.2) is 5.82 Å². The lowest BCUT2D eigenvalue weighted by Gasteiger charge is -2.15. The van der Waals surface area contributed by atoms with E-state index in [-0.39, 0.29) is 5.56 Å². The molecule has 0 aliphatic heterocycles. The van der Waals surface area contributed by atoms with Crippen LogP contribution in [0, 0.1) is 11.6 Å². The third kappa shape index (κ3) is 1.13. The van der Waals surface area contributed by atoms with E-state index in [9.17, 15) is 8.78 Å². The monoisotopic (exact) mass is 222 g/mol. The fourth-order valence-corrected chi connectivity index (χ4v) is 2.32. The molecule has 3 N–H and O–H groups in total. The molecule has 16 heavy (non-hydrogen) atoms. The molecule has 0 radical (unpaired) electrons. The van der Waals surface area contributed by atoms with E-state index < -0.39 is 17.0 Å². The Morgan fingerprint density at radius 1 is 1.38 bits per heavy atom. The largest absolute Gasteiger partial charge is 0.359 e. The van der Waals surface area contributed by atoms with Gasteiger partial charge in [-0.3, -0.25) is 0 Å². The number of hydrogen-bond acceptors (Lipinski definition) is 1. The van der Waals surface area contributed by atoms with Gasteiger partial charge in [-0.2, -0.15) is 0 Å². The zero-order chi connectivity index (χ0) is 11.3. The summed E-state index contributed by atoms with van der Waals surface area (Å²) < 4.78 is 28.0. The number of rotatable bonds is 2. The molecule has 4 heteroatoms. The van der Waals surface area contributed by atoms with Gasteiger partial charge in [0.1, 0.15) is 5.82 Å². The van der Waals surface area contributed by atoms with Gasteiger partial charge in [0.05, 0.1) is 5.52 Å². The summed E-state index contributed by atoms with van der Waals surface area (Å²) in [6.07, 6.45) is 3.14. The maximum Gasteiger partial charge on any atom is 0.153 e. The minimum atomic E-state index is -0.483. The molecule has 0 amide bonds. The van der Waals surface area contributed by atoms with Crippen molar-refractivity contribution in [2.45, 2.75) is 18.3 Å². The summed E-state index contributed by atoms with van der Waals surface area (Å²) in [7, 11) is 0. The first kappa shape index (κ1) is 9.78. The summed E-state index contributed by atoms with van der Waals surface area (Å²) >= 11 is 0. The van der Waals surface area contributed by atoms with Gasteiger partial charge in [0, 0.05) is 29.1 Å². The topological polar surface area (TPSA) is 41.8 Å². The lowest BCUT2D eigenvalue weighted by molar-refractivity contribution is 0.523. The highest BCUT2D eigenvalue weighted by Crippen LogP contribution is 2.49. The van der Waals surface area contributed by atoms with Crippen molar-refractivity contribution in [3.05, 3.63) is 35.5 Å². The quantitative estimate of drug-likeness (QED) is 0.805. The van der Waals surface area contributed by atoms with E-state index in [1.54, 1.807) is 12.3 Å². The highest BCUT2D eigenvalue weighted by Gasteiger charge is 2.47. The van der Waals surface area contributed by atoms with Crippen LogP contribution in [0.1, 0.15) is 18.4 Å². The van der Waals surface area contributed by atoms with Crippen LogP contribution in [0.4, 0.5) is 8.78 Å². The van der Waals surface area contributed by atoms with Gasteiger partial charge in [-0.1, -0.05) is 0 Å². The van der Waals surface area contributed by atoms with Crippen molar-refractivity contribution in [1.29, 1.82) is 0 Å². The van der Waals surface area contributed by atoms with Gasteiger partial charge in [0.2, 0.25) is 0 Å². The summed E-state index contributed by atoms with van der Waals surface area (Å²) in [5.41, 5.74) is 5.68. The molecule has 1 aliphatic rings. The molecule has 1 saturated carbocycles. The van der Waals surface area contributed by atoms with Crippen molar-refractivity contribution in [2.24, 2.45) is 5.73 Å². The molecule has 1 aromatic heterocycles. The van der Waals surface area contributed by atoms with Crippen molar-refractivity contribution < 1.29 is 8.78 Å². The van der Waals surface area contributed by atoms with E-state index in [4.69, 9.17) is 5.73 Å². The van der Waals surface area contributed by atoms with Crippen LogP contribution >= 0.6 is 0 Å². The average molecular weight is 222 g/mol. The number of nitrogens with one attached hydrogen (secondary N) is 1. The Hall–Kier alpha value is -1.42. The van der Waals surface area contributed by atoms with E-state index >= 15 is 0 Å². The van der Waals surface area contributed by atoms with Gasteiger partial charge in [-0.05, 0) is 25.0 Å². The molecule has 1 aromatic carbocycles. The fourth-order valence-electron chi connectivity index (χ4n) is 2.32. The number of benzene rings is 1. The number of H-pyrrole nitrogens is 1. The minimum absolute atomic E-state index is 0.157. The van der Waals surface area contributed by atoms with Crippen LogP contribution in [0.15, 0.2) is 18.3 Å². The maximum atomic E-state index is 14.2. The SMILES string of the molecule is NCC1(c2c(F)cc3cc[nH]c3c2F)CC1. The first-order chi connectivity index (χ1) is 7.68. The molecule has 2 nitrogen and oxygen atoms in total. The van der Waals surface area contributed by atoms with E-state index in [0.717, 1.165) is 12.8 Å². The van der Waals surface area contributed by atoms with Gasteiger partial charge >= 0.3 is 0 Å². The van der Waals surface area contributed by atoms with Gasteiger partial charge in [-0.25, -0.2) is 8.78 Å². The van der Waals surface area contributed by atoms with Crippen LogP contribution in [0.3, 0.4) is 0 Å². The summed E-state index contributed by atoms with van der Waals surface area (Å²) in [5, 5.41) is 0.562. The number of nitrogens with two attached hydrogens (primary N) is 1. The molecule has 0 unspecified atom stereocenters. The maximum absolute atomic E-state index is 14.2. The first-order valence-electron chi connectivity index (χ1n) is 5.33. The zero-order valence-corrected chi connectivity index (χ0v) is 8.69. The minimum Gasteiger partial charge on any atom is -0.359 e. The molecule has 0 saturated heterocycles. The molecule has 3 rings (SSSR count). The molecule has 0 bridgehead atoms. The molecular formula is C12H12F2N2. The van der Waals surface area contributed by atoms with Crippen molar-refractivity contribution in [1.82, 2.24) is 4.98 Å².